The van der Waals surface area contributed by atoms with Crippen molar-refractivity contribution in [2.24, 2.45) is 0 Å². The molecule has 1 N–H and O–H groups in total. The molecule has 1 aromatic carbocycles. The minimum Gasteiger partial charge on any atom is -0.374 e. The normalized spacial score (nSPS) is 13.2. The Labute approximate surface area is 125 Å². The van der Waals surface area contributed by atoms with Gasteiger partial charge >= 0.3 is 0 Å². The van der Waals surface area contributed by atoms with E-state index in [4.69, 9.17) is 32.7 Å². The van der Waals surface area contributed by atoms with E-state index in [0.29, 0.717) is 26.8 Å². The molecule has 0 bridgehead atoms. The summed E-state index contributed by atoms with van der Waals surface area (Å²) < 4.78 is 18.8. The highest BCUT2D eigenvalue weighted by molar-refractivity contribution is 7.00. The average Bonchev–Trinajstić information content (AvgIpc) is 2.85. The fraction of sp³-hybridized carbons (Fsp3) is 0.455. The standard InChI is InChI=1S/C11H13Cl2N3O2S/c1-5(11(17-2)18-3)14-8-6(12)4-7(13)9-10(8)16-19-15-9/h4-5,11,14H,1-3H3. The predicted molar refractivity (Wildman–Crippen MR) is 78.3 cm³/mol. The van der Waals surface area contributed by atoms with E-state index in [2.05, 4.69) is 14.1 Å². The summed E-state index contributed by atoms with van der Waals surface area (Å²) in [6, 6.07) is 1.54. The molecule has 0 amide bonds. The second kappa shape index (κ2) is 6.19. The monoisotopic (exact) mass is 321 g/mol. The van der Waals surface area contributed by atoms with Gasteiger partial charge in [0.1, 0.15) is 11.0 Å². The zero-order valence-electron chi connectivity index (χ0n) is 10.6. The van der Waals surface area contributed by atoms with Gasteiger partial charge in [-0.05, 0) is 13.0 Å². The SMILES string of the molecule is COC(OC)C(C)Nc1c(Cl)cc(Cl)c2nsnc12. The molecule has 0 saturated heterocycles. The minimum atomic E-state index is -0.395. The molecule has 1 atom stereocenters. The molecular formula is C11H13Cl2N3O2S. The number of nitrogens with zero attached hydrogens (tertiary/aromatic N) is 2. The summed E-state index contributed by atoms with van der Waals surface area (Å²) in [5.74, 6) is 0. The number of nitrogens with one attached hydrogen (secondary N) is 1. The molecular weight excluding hydrogens is 309 g/mol. The molecule has 1 unspecified atom stereocenters. The molecule has 0 saturated carbocycles. The van der Waals surface area contributed by atoms with Crippen molar-refractivity contribution < 1.29 is 9.47 Å². The van der Waals surface area contributed by atoms with Gasteiger partial charge in [0.15, 0.2) is 6.29 Å². The Hall–Kier alpha value is -0.660. The van der Waals surface area contributed by atoms with Crippen LogP contribution in [-0.2, 0) is 9.47 Å². The summed E-state index contributed by atoms with van der Waals surface area (Å²) >= 11 is 13.4. The van der Waals surface area contributed by atoms with E-state index in [1.165, 1.54) is 0 Å². The number of benzene rings is 1. The zero-order valence-corrected chi connectivity index (χ0v) is 12.9. The number of hydrogen-bond acceptors (Lipinski definition) is 6. The van der Waals surface area contributed by atoms with Gasteiger partial charge in [-0.3, -0.25) is 0 Å². The van der Waals surface area contributed by atoms with Crippen molar-refractivity contribution in [3.63, 3.8) is 0 Å². The molecule has 1 heterocycles. The van der Waals surface area contributed by atoms with Crippen LogP contribution in [0, 0.1) is 0 Å². The van der Waals surface area contributed by atoms with Crippen LogP contribution in [0.3, 0.4) is 0 Å². The second-order valence-electron chi connectivity index (χ2n) is 3.95. The first kappa shape index (κ1) is 14.7. The van der Waals surface area contributed by atoms with Crippen molar-refractivity contribution >= 4 is 51.7 Å². The smallest absolute Gasteiger partial charge is 0.176 e. The van der Waals surface area contributed by atoms with Crippen LogP contribution in [0.2, 0.25) is 10.0 Å². The van der Waals surface area contributed by atoms with E-state index in [0.717, 1.165) is 11.7 Å². The van der Waals surface area contributed by atoms with E-state index in [1.54, 1.807) is 20.3 Å². The number of fused-ring (bicyclic) bond motifs is 1. The van der Waals surface area contributed by atoms with Gasteiger partial charge in [0.05, 0.1) is 33.5 Å². The lowest BCUT2D eigenvalue weighted by Gasteiger charge is -2.23. The summed E-state index contributed by atoms with van der Waals surface area (Å²) in [6.07, 6.45) is -0.395. The number of anilines is 1. The molecule has 2 aromatic rings. The number of halogens is 2. The second-order valence-corrected chi connectivity index (χ2v) is 5.29. The lowest BCUT2D eigenvalue weighted by atomic mass is 10.2. The molecule has 1 aromatic heterocycles. The van der Waals surface area contributed by atoms with Crippen LogP contribution in [0.1, 0.15) is 6.92 Å². The number of aromatic nitrogens is 2. The lowest BCUT2D eigenvalue weighted by molar-refractivity contribution is -0.109. The van der Waals surface area contributed by atoms with Crippen LogP contribution in [0.25, 0.3) is 11.0 Å². The fourth-order valence-corrected chi connectivity index (χ4v) is 2.98. The average molecular weight is 322 g/mol. The first-order valence-electron chi connectivity index (χ1n) is 5.50. The highest BCUT2D eigenvalue weighted by Crippen LogP contribution is 2.35. The van der Waals surface area contributed by atoms with Gasteiger partial charge < -0.3 is 14.8 Å². The highest BCUT2D eigenvalue weighted by Gasteiger charge is 2.20. The Morgan fingerprint density at radius 1 is 1.16 bits per heavy atom. The van der Waals surface area contributed by atoms with Crippen molar-refractivity contribution in [3.05, 3.63) is 16.1 Å². The van der Waals surface area contributed by atoms with Crippen LogP contribution in [0.15, 0.2) is 6.07 Å². The fourth-order valence-electron chi connectivity index (χ4n) is 1.81. The number of ether oxygens (including phenoxy) is 2. The topological polar surface area (TPSA) is 56.3 Å². The molecule has 19 heavy (non-hydrogen) atoms. The van der Waals surface area contributed by atoms with Crippen LogP contribution in [-0.4, -0.2) is 35.3 Å². The maximum Gasteiger partial charge on any atom is 0.176 e. The third-order valence-corrected chi connectivity index (χ3v) is 3.80. The summed E-state index contributed by atoms with van der Waals surface area (Å²) in [6.45, 7) is 1.92. The summed E-state index contributed by atoms with van der Waals surface area (Å²) in [7, 11) is 3.16. The summed E-state index contributed by atoms with van der Waals surface area (Å²) in [4.78, 5) is 0. The van der Waals surface area contributed by atoms with E-state index in [9.17, 15) is 0 Å². The van der Waals surface area contributed by atoms with Crippen molar-refractivity contribution in [1.29, 1.82) is 0 Å². The molecule has 0 spiro atoms. The lowest BCUT2D eigenvalue weighted by Crippen LogP contribution is -2.33. The third kappa shape index (κ3) is 2.93. The van der Waals surface area contributed by atoms with Crippen LogP contribution in [0.4, 0.5) is 5.69 Å². The van der Waals surface area contributed by atoms with Gasteiger partial charge in [-0.2, -0.15) is 8.75 Å². The van der Waals surface area contributed by atoms with E-state index >= 15 is 0 Å². The molecule has 104 valence electrons. The number of rotatable bonds is 5. The molecule has 2 rings (SSSR count). The Bertz CT molecular complexity index is 574. The molecule has 8 heteroatoms. The largest absolute Gasteiger partial charge is 0.374 e. The maximum atomic E-state index is 6.21. The van der Waals surface area contributed by atoms with E-state index < -0.39 is 6.29 Å². The summed E-state index contributed by atoms with van der Waals surface area (Å²) in [5.41, 5.74) is 1.97. The number of methoxy groups -OCH3 is 2. The first-order valence-corrected chi connectivity index (χ1v) is 6.99. The van der Waals surface area contributed by atoms with Gasteiger partial charge in [0.25, 0.3) is 0 Å². The van der Waals surface area contributed by atoms with Gasteiger partial charge in [-0.25, -0.2) is 0 Å². The Balaban J connectivity index is 2.37. The molecule has 5 nitrogen and oxygen atoms in total. The first-order chi connectivity index (χ1) is 9.08. The van der Waals surface area contributed by atoms with Crippen LogP contribution >= 0.6 is 34.9 Å². The molecule has 0 fully saturated rings. The van der Waals surface area contributed by atoms with Crippen molar-refractivity contribution in [2.75, 3.05) is 19.5 Å². The quantitative estimate of drug-likeness (QED) is 0.855. The van der Waals surface area contributed by atoms with Crippen LogP contribution in [0.5, 0.6) is 0 Å². The summed E-state index contributed by atoms with van der Waals surface area (Å²) in [5, 5.41) is 4.21. The predicted octanol–water partition coefficient (Wildman–Crippen LogP) is 3.42. The number of hydrogen-bond donors (Lipinski definition) is 1. The Morgan fingerprint density at radius 3 is 2.42 bits per heavy atom. The van der Waals surface area contributed by atoms with E-state index in [1.807, 2.05) is 6.92 Å². The Kier molecular flexibility index (Phi) is 4.81. The van der Waals surface area contributed by atoms with Gasteiger partial charge in [-0.1, -0.05) is 23.2 Å². The van der Waals surface area contributed by atoms with Crippen molar-refractivity contribution in [2.45, 2.75) is 19.3 Å². The highest BCUT2D eigenvalue weighted by atomic mass is 35.5. The van der Waals surface area contributed by atoms with Crippen molar-refractivity contribution in [3.8, 4) is 0 Å². The van der Waals surface area contributed by atoms with Crippen molar-refractivity contribution in [1.82, 2.24) is 8.75 Å². The minimum absolute atomic E-state index is 0.112. The third-order valence-electron chi connectivity index (χ3n) is 2.69. The molecule has 0 aliphatic rings. The van der Waals surface area contributed by atoms with Gasteiger partial charge in [0.2, 0.25) is 0 Å². The maximum absolute atomic E-state index is 6.21. The molecule has 0 aliphatic carbocycles. The van der Waals surface area contributed by atoms with Gasteiger partial charge in [-0.15, -0.1) is 0 Å². The van der Waals surface area contributed by atoms with E-state index in [-0.39, 0.29) is 6.04 Å². The Morgan fingerprint density at radius 2 is 1.79 bits per heavy atom. The van der Waals surface area contributed by atoms with Crippen LogP contribution < -0.4 is 5.32 Å². The van der Waals surface area contributed by atoms with Gasteiger partial charge in [0, 0.05) is 14.2 Å². The molecule has 0 aliphatic heterocycles. The zero-order chi connectivity index (χ0) is 14.0. The molecule has 0 radical (unpaired) electrons.